The van der Waals surface area contributed by atoms with Crippen molar-refractivity contribution >= 4 is 27.0 Å². The number of carbonyl (C=O) groups is 1. The van der Waals surface area contributed by atoms with Crippen LogP contribution in [0.25, 0.3) is 11.1 Å². The molecule has 10 heteroatoms. The lowest BCUT2D eigenvalue weighted by Gasteiger charge is -2.31. The first kappa shape index (κ1) is 23.0. The molecule has 1 N–H and O–H groups in total. The zero-order chi connectivity index (χ0) is 22.7. The fourth-order valence-electron chi connectivity index (χ4n) is 4.64. The van der Waals surface area contributed by atoms with E-state index in [9.17, 15) is 18.0 Å². The number of piperidine rings is 1. The molecule has 176 valence electrons. The van der Waals surface area contributed by atoms with Crippen molar-refractivity contribution in [1.82, 2.24) is 19.1 Å². The molecule has 0 aliphatic carbocycles. The van der Waals surface area contributed by atoms with Crippen molar-refractivity contribution in [3.05, 3.63) is 28.7 Å². The maximum Gasteiger partial charge on any atom is 0.419 e. The third-order valence-electron chi connectivity index (χ3n) is 6.58. The molecule has 0 radical (unpaired) electrons. The van der Waals surface area contributed by atoms with Gasteiger partial charge in [-0.05, 0) is 50.9 Å². The monoisotopic (exact) mass is 464 g/mol. The van der Waals surface area contributed by atoms with Crippen molar-refractivity contribution in [3.63, 3.8) is 0 Å². The standard InChI is InChI=1S/C22H32N4O5S/c1-24-19-9-8-18(15-20(19)31-22(24)28)32(29,30)26-13-6-7-17(16-26)21(27)23-10-14-25-11-4-2-3-5-12-25/h8-9,15,17H,2-7,10-14,16H2,1H3,(H,23,27)/t17-/m0/s1. The third kappa shape index (κ3) is 4.92. The maximum atomic E-state index is 13.2. The van der Waals surface area contributed by atoms with E-state index < -0.39 is 15.8 Å². The number of benzene rings is 1. The maximum absolute atomic E-state index is 13.2. The van der Waals surface area contributed by atoms with Gasteiger partial charge in [0.25, 0.3) is 0 Å². The van der Waals surface area contributed by atoms with Gasteiger partial charge in [0.1, 0.15) is 0 Å². The minimum Gasteiger partial charge on any atom is -0.408 e. The number of amides is 1. The average molecular weight is 465 g/mol. The molecule has 1 atom stereocenters. The Labute approximate surface area is 188 Å². The fourth-order valence-corrected chi connectivity index (χ4v) is 6.18. The summed E-state index contributed by atoms with van der Waals surface area (Å²) in [6.45, 7) is 4.12. The van der Waals surface area contributed by atoms with Gasteiger partial charge in [0.15, 0.2) is 5.58 Å². The Balaban J connectivity index is 1.38. The van der Waals surface area contributed by atoms with Crippen LogP contribution >= 0.6 is 0 Å². The van der Waals surface area contributed by atoms with E-state index in [2.05, 4.69) is 10.2 Å². The number of likely N-dealkylation sites (tertiary alicyclic amines) is 1. The SMILES string of the molecule is Cn1c(=O)oc2cc(S(=O)(=O)N3CCC[C@H](C(=O)NCCN4CCCCCC4)C3)ccc21. The molecule has 3 heterocycles. The number of sulfonamides is 1. The first-order valence-corrected chi connectivity index (χ1v) is 12.9. The van der Waals surface area contributed by atoms with E-state index in [1.807, 2.05) is 0 Å². The number of carbonyl (C=O) groups excluding carboxylic acids is 1. The molecule has 9 nitrogen and oxygen atoms in total. The van der Waals surface area contributed by atoms with Gasteiger partial charge in [-0.25, -0.2) is 13.2 Å². The third-order valence-corrected chi connectivity index (χ3v) is 8.44. The highest BCUT2D eigenvalue weighted by Crippen LogP contribution is 2.26. The van der Waals surface area contributed by atoms with Crippen LogP contribution in [-0.4, -0.2) is 67.4 Å². The quantitative estimate of drug-likeness (QED) is 0.695. The van der Waals surface area contributed by atoms with Gasteiger partial charge in [0.2, 0.25) is 15.9 Å². The number of rotatable bonds is 6. The summed E-state index contributed by atoms with van der Waals surface area (Å²) in [5.41, 5.74) is 0.771. The minimum absolute atomic E-state index is 0.0709. The minimum atomic E-state index is -3.79. The summed E-state index contributed by atoms with van der Waals surface area (Å²) >= 11 is 0. The molecule has 1 amide bonds. The predicted molar refractivity (Wildman–Crippen MR) is 121 cm³/mol. The summed E-state index contributed by atoms with van der Waals surface area (Å²) < 4.78 is 34.3. The molecule has 2 fully saturated rings. The van der Waals surface area contributed by atoms with E-state index in [0.717, 1.165) is 19.6 Å². The smallest absolute Gasteiger partial charge is 0.408 e. The van der Waals surface area contributed by atoms with Crippen LogP contribution in [0.4, 0.5) is 0 Å². The molecule has 1 aromatic heterocycles. The fraction of sp³-hybridized carbons (Fsp3) is 0.636. The Hall–Kier alpha value is -2.17. The van der Waals surface area contributed by atoms with E-state index in [0.29, 0.717) is 31.4 Å². The second-order valence-corrected chi connectivity index (χ2v) is 10.7. The molecule has 0 unspecified atom stereocenters. The van der Waals surface area contributed by atoms with Gasteiger partial charge in [0, 0.05) is 39.3 Å². The molecule has 2 saturated heterocycles. The molecule has 4 rings (SSSR count). The van der Waals surface area contributed by atoms with Gasteiger partial charge in [-0.3, -0.25) is 9.36 Å². The first-order chi connectivity index (χ1) is 15.4. The number of aryl methyl sites for hydroxylation is 1. The van der Waals surface area contributed by atoms with E-state index in [1.54, 1.807) is 13.1 Å². The Morgan fingerprint density at radius 3 is 2.62 bits per heavy atom. The van der Waals surface area contributed by atoms with Crippen LogP contribution in [0.2, 0.25) is 0 Å². The van der Waals surface area contributed by atoms with Gasteiger partial charge in [0.05, 0.1) is 16.3 Å². The largest absolute Gasteiger partial charge is 0.419 e. The van der Waals surface area contributed by atoms with Crippen molar-refractivity contribution in [3.8, 4) is 0 Å². The van der Waals surface area contributed by atoms with Crippen molar-refractivity contribution < 1.29 is 17.6 Å². The zero-order valence-electron chi connectivity index (χ0n) is 18.6. The van der Waals surface area contributed by atoms with Crippen molar-refractivity contribution in [2.24, 2.45) is 13.0 Å². The van der Waals surface area contributed by atoms with E-state index >= 15 is 0 Å². The molecule has 0 bridgehead atoms. The van der Waals surface area contributed by atoms with Crippen LogP contribution in [0.1, 0.15) is 38.5 Å². The van der Waals surface area contributed by atoms with Crippen molar-refractivity contribution in [2.75, 3.05) is 39.3 Å². The summed E-state index contributed by atoms with van der Waals surface area (Å²) in [5.74, 6) is -0.977. The van der Waals surface area contributed by atoms with E-state index in [1.165, 1.54) is 46.7 Å². The number of fused-ring (bicyclic) bond motifs is 1. The van der Waals surface area contributed by atoms with Crippen molar-refractivity contribution in [1.29, 1.82) is 0 Å². The summed E-state index contributed by atoms with van der Waals surface area (Å²) in [4.78, 5) is 26.9. The van der Waals surface area contributed by atoms with Crippen LogP contribution in [-0.2, 0) is 21.9 Å². The van der Waals surface area contributed by atoms with Gasteiger partial charge >= 0.3 is 5.76 Å². The molecule has 2 aliphatic rings. The van der Waals surface area contributed by atoms with Crippen LogP contribution < -0.4 is 11.1 Å². The lowest BCUT2D eigenvalue weighted by molar-refractivity contribution is -0.126. The van der Waals surface area contributed by atoms with Gasteiger partial charge in [-0.2, -0.15) is 4.31 Å². The highest BCUT2D eigenvalue weighted by Gasteiger charge is 2.33. The molecular formula is C22H32N4O5S. The Morgan fingerprint density at radius 1 is 1.12 bits per heavy atom. The van der Waals surface area contributed by atoms with Crippen molar-refractivity contribution in [2.45, 2.75) is 43.4 Å². The second kappa shape index (κ2) is 9.76. The Bertz CT molecular complexity index is 1120. The lowest BCUT2D eigenvalue weighted by Crippen LogP contribution is -2.46. The van der Waals surface area contributed by atoms with Gasteiger partial charge in [-0.15, -0.1) is 0 Å². The van der Waals surface area contributed by atoms with Crippen LogP contribution in [0.15, 0.2) is 32.3 Å². The van der Waals surface area contributed by atoms with E-state index in [4.69, 9.17) is 4.42 Å². The van der Waals surface area contributed by atoms with Gasteiger partial charge < -0.3 is 14.6 Å². The molecular weight excluding hydrogens is 432 g/mol. The van der Waals surface area contributed by atoms with E-state index in [-0.39, 0.29) is 28.8 Å². The van der Waals surface area contributed by atoms with Gasteiger partial charge in [-0.1, -0.05) is 12.8 Å². The van der Waals surface area contributed by atoms with Crippen LogP contribution in [0, 0.1) is 5.92 Å². The Morgan fingerprint density at radius 2 is 1.88 bits per heavy atom. The molecule has 2 aromatic rings. The number of hydrogen-bond acceptors (Lipinski definition) is 6. The molecule has 0 saturated carbocycles. The lowest BCUT2D eigenvalue weighted by atomic mass is 9.99. The summed E-state index contributed by atoms with van der Waals surface area (Å²) in [5, 5.41) is 3.01. The highest BCUT2D eigenvalue weighted by molar-refractivity contribution is 7.89. The summed E-state index contributed by atoms with van der Waals surface area (Å²) in [7, 11) is -2.22. The first-order valence-electron chi connectivity index (χ1n) is 11.5. The number of hydrogen-bond donors (Lipinski definition) is 1. The van der Waals surface area contributed by atoms with Crippen LogP contribution in [0.5, 0.6) is 0 Å². The number of aromatic nitrogens is 1. The topological polar surface area (TPSA) is 105 Å². The predicted octanol–water partition coefficient (Wildman–Crippen LogP) is 1.52. The van der Waals surface area contributed by atoms with Crippen LogP contribution in [0.3, 0.4) is 0 Å². The zero-order valence-corrected chi connectivity index (χ0v) is 19.4. The molecule has 0 spiro atoms. The second-order valence-electron chi connectivity index (χ2n) is 8.81. The summed E-state index contributed by atoms with van der Waals surface area (Å²) in [6, 6.07) is 4.44. The highest BCUT2D eigenvalue weighted by atomic mass is 32.2. The normalized spacial score (nSPS) is 21.5. The molecule has 1 aromatic carbocycles. The molecule has 2 aliphatic heterocycles. The number of nitrogens with zero attached hydrogens (tertiary/aromatic N) is 3. The summed E-state index contributed by atoms with van der Waals surface area (Å²) in [6.07, 6.45) is 6.28. The number of oxazole rings is 1. The Kier molecular flexibility index (Phi) is 7.02. The molecule has 32 heavy (non-hydrogen) atoms. The number of nitrogens with one attached hydrogen (secondary N) is 1. The average Bonchev–Trinajstić information content (AvgIpc) is 2.95.